The maximum Gasteiger partial charge on any atom is 0.325 e. The number of amides is 4. The van der Waals surface area contributed by atoms with Gasteiger partial charge in [0.05, 0.1) is 19.1 Å². The van der Waals surface area contributed by atoms with Gasteiger partial charge in [0.1, 0.15) is 29.6 Å². The summed E-state index contributed by atoms with van der Waals surface area (Å²) in [5.74, 6) is 0.436. The molecule has 0 bridgehead atoms. The highest BCUT2D eigenvalue weighted by Gasteiger charge is 2.54. The molecule has 4 amide bonds. The van der Waals surface area contributed by atoms with Crippen molar-refractivity contribution < 1.29 is 23.5 Å². The molecule has 0 radical (unpaired) electrons. The van der Waals surface area contributed by atoms with E-state index in [0.29, 0.717) is 24.3 Å². The largest absolute Gasteiger partial charge is 0.497 e. The van der Waals surface area contributed by atoms with E-state index in [-0.39, 0.29) is 0 Å². The van der Waals surface area contributed by atoms with Crippen molar-refractivity contribution in [2.75, 3.05) is 13.7 Å². The second-order valence-electron chi connectivity index (χ2n) is 9.49. The summed E-state index contributed by atoms with van der Waals surface area (Å²) in [5, 5.41) is 8.85. The highest BCUT2D eigenvalue weighted by molar-refractivity contribution is 6.10. The highest BCUT2D eigenvalue weighted by Crippen LogP contribution is 2.40. The Bertz CT molecular complexity index is 1400. The first kappa shape index (κ1) is 23.0. The fourth-order valence-electron chi connectivity index (χ4n) is 5.56. The Morgan fingerprint density at radius 2 is 1.95 bits per heavy atom. The second kappa shape index (κ2) is 8.92. The molecular formula is C28H26N4O5. The minimum atomic E-state index is -1.13. The van der Waals surface area contributed by atoms with Crippen LogP contribution in [0.25, 0.3) is 0 Å². The summed E-state index contributed by atoms with van der Waals surface area (Å²) < 4.78 is 10.9. The molecule has 1 fully saturated rings. The molecule has 3 aliphatic rings. The van der Waals surface area contributed by atoms with Crippen LogP contribution < -0.4 is 10.1 Å². The van der Waals surface area contributed by atoms with Crippen molar-refractivity contribution in [3.05, 3.63) is 89.4 Å². The van der Waals surface area contributed by atoms with Crippen LogP contribution in [-0.2, 0) is 21.5 Å². The molecule has 1 N–H and O–H groups in total. The average molecular weight is 499 g/mol. The van der Waals surface area contributed by atoms with E-state index in [1.165, 1.54) is 5.01 Å². The number of rotatable bonds is 5. The maximum atomic E-state index is 13.7. The standard InChI is InChI=1S/C28H26N4O5/c1-36-20-12-10-19(11-13-20)22-16-23(24-9-5-15-37-24)32(30-22)25(33)17-31-26(34)28(29-27(31)35)14-4-7-18-6-2-3-8-21(18)28/h2-3,5-6,8-13,15,23H,4,7,14,16-17H2,1H3,(H,29,35)/t23-,28-/m0/s1. The number of nitrogens with zero attached hydrogens (tertiary/aromatic N) is 3. The summed E-state index contributed by atoms with van der Waals surface area (Å²) in [4.78, 5) is 41.3. The van der Waals surface area contributed by atoms with E-state index >= 15 is 0 Å². The zero-order chi connectivity index (χ0) is 25.6. The molecule has 1 spiro atoms. The minimum Gasteiger partial charge on any atom is -0.497 e. The summed E-state index contributed by atoms with van der Waals surface area (Å²) in [5.41, 5.74) is 2.27. The Kier molecular flexibility index (Phi) is 5.55. The first-order chi connectivity index (χ1) is 18.0. The number of hydrogen-bond donors (Lipinski definition) is 1. The zero-order valence-electron chi connectivity index (χ0n) is 20.3. The molecule has 3 heterocycles. The van der Waals surface area contributed by atoms with Crippen LogP contribution in [0.1, 0.15) is 47.8 Å². The van der Waals surface area contributed by atoms with Gasteiger partial charge in [-0.15, -0.1) is 0 Å². The lowest BCUT2D eigenvalue weighted by Gasteiger charge is -2.33. The molecule has 1 aromatic heterocycles. The van der Waals surface area contributed by atoms with Gasteiger partial charge in [0, 0.05) is 6.42 Å². The SMILES string of the molecule is COc1ccc(C2=NN(C(=O)CN3C(=O)N[C@]4(CCCc5ccccc54)C3=O)[C@H](c3ccco3)C2)cc1. The molecule has 2 aromatic carbocycles. The second-order valence-corrected chi connectivity index (χ2v) is 9.49. The third-order valence-electron chi connectivity index (χ3n) is 7.40. The van der Waals surface area contributed by atoms with Gasteiger partial charge in [-0.1, -0.05) is 24.3 Å². The quantitative estimate of drug-likeness (QED) is 0.540. The normalized spacial score (nSPS) is 22.7. The molecule has 0 saturated carbocycles. The predicted octanol–water partition coefficient (Wildman–Crippen LogP) is 3.75. The number of furan rings is 1. The molecule has 188 valence electrons. The molecular weight excluding hydrogens is 472 g/mol. The Labute approximate surface area is 213 Å². The third kappa shape index (κ3) is 3.78. The molecule has 6 rings (SSSR count). The van der Waals surface area contributed by atoms with E-state index in [2.05, 4.69) is 10.4 Å². The predicted molar refractivity (Wildman–Crippen MR) is 134 cm³/mol. The number of carbonyl (C=O) groups is 3. The van der Waals surface area contributed by atoms with E-state index in [4.69, 9.17) is 9.15 Å². The Hall–Kier alpha value is -4.40. The van der Waals surface area contributed by atoms with Gasteiger partial charge in [0.2, 0.25) is 0 Å². The van der Waals surface area contributed by atoms with E-state index in [9.17, 15) is 14.4 Å². The third-order valence-corrected chi connectivity index (χ3v) is 7.40. The van der Waals surface area contributed by atoms with E-state index in [1.54, 1.807) is 25.5 Å². The van der Waals surface area contributed by atoms with Crippen LogP contribution in [0.4, 0.5) is 4.79 Å². The van der Waals surface area contributed by atoms with Crippen LogP contribution in [0, 0.1) is 0 Å². The number of ether oxygens (including phenoxy) is 1. The van der Waals surface area contributed by atoms with Gasteiger partial charge in [-0.3, -0.25) is 14.5 Å². The summed E-state index contributed by atoms with van der Waals surface area (Å²) in [6.07, 6.45) is 4.10. The van der Waals surface area contributed by atoms with Crippen molar-refractivity contribution in [1.29, 1.82) is 0 Å². The van der Waals surface area contributed by atoms with Crippen molar-refractivity contribution in [1.82, 2.24) is 15.2 Å². The van der Waals surface area contributed by atoms with Gasteiger partial charge < -0.3 is 14.5 Å². The highest BCUT2D eigenvalue weighted by atomic mass is 16.5. The molecule has 0 unspecified atom stereocenters. The lowest BCUT2D eigenvalue weighted by Crippen LogP contribution is -2.47. The number of benzene rings is 2. The van der Waals surface area contributed by atoms with Crippen molar-refractivity contribution >= 4 is 23.6 Å². The molecule has 9 nitrogen and oxygen atoms in total. The van der Waals surface area contributed by atoms with Crippen molar-refractivity contribution in [3.63, 3.8) is 0 Å². The number of carbonyl (C=O) groups excluding carboxylic acids is 3. The number of methoxy groups -OCH3 is 1. The first-order valence-electron chi connectivity index (χ1n) is 12.3. The van der Waals surface area contributed by atoms with Gasteiger partial charge in [-0.2, -0.15) is 5.10 Å². The van der Waals surface area contributed by atoms with Crippen molar-refractivity contribution in [2.45, 2.75) is 37.3 Å². The van der Waals surface area contributed by atoms with Gasteiger partial charge >= 0.3 is 6.03 Å². The van der Waals surface area contributed by atoms with E-state index in [0.717, 1.165) is 40.2 Å². The molecule has 37 heavy (non-hydrogen) atoms. The van der Waals surface area contributed by atoms with Gasteiger partial charge in [-0.25, -0.2) is 9.80 Å². The minimum absolute atomic E-state index is 0.397. The molecule has 2 atom stereocenters. The van der Waals surface area contributed by atoms with Crippen LogP contribution >= 0.6 is 0 Å². The van der Waals surface area contributed by atoms with E-state index < -0.39 is 36.0 Å². The Morgan fingerprint density at radius 3 is 2.70 bits per heavy atom. The van der Waals surface area contributed by atoms with Crippen LogP contribution in [0.15, 0.2) is 76.4 Å². The fourth-order valence-corrected chi connectivity index (χ4v) is 5.56. The first-order valence-corrected chi connectivity index (χ1v) is 12.3. The topological polar surface area (TPSA) is 104 Å². The number of nitrogens with one attached hydrogen (secondary N) is 1. The van der Waals surface area contributed by atoms with Crippen LogP contribution in [0.5, 0.6) is 5.75 Å². The summed E-state index contributed by atoms with van der Waals surface area (Å²) in [6.45, 7) is -0.412. The summed E-state index contributed by atoms with van der Waals surface area (Å²) in [7, 11) is 1.60. The van der Waals surface area contributed by atoms with Crippen molar-refractivity contribution in [2.24, 2.45) is 5.10 Å². The molecule has 2 aliphatic heterocycles. The number of urea groups is 1. The average Bonchev–Trinajstić information content (AvgIpc) is 3.66. The Morgan fingerprint density at radius 1 is 1.14 bits per heavy atom. The molecule has 3 aromatic rings. The fraction of sp³-hybridized carbons (Fsp3) is 0.286. The molecule has 9 heteroatoms. The number of imide groups is 1. The number of hydrazone groups is 1. The zero-order valence-corrected chi connectivity index (χ0v) is 20.3. The van der Waals surface area contributed by atoms with Crippen LogP contribution in [0.2, 0.25) is 0 Å². The Balaban J connectivity index is 1.28. The number of fused-ring (bicyclic) bond motifs is 2. The molecule has 1 saturated heterocycles. The lowest BCUT2D eigenvalue weighted by molar-refractivity contribution is -0.140. The van der Waals surface area contributed by atoms with Crippen LogP contribution in [-0.4, -0.2) is 47.1 Å². The summed E-state index contributed by atoms with van der Waals surface area (Å²) >= 11 is 0. The summed E-state index contributed by atoms with van der Waals surface area (Å²) in [6, 6.07) is 17.6. The lowest BCUT2D eigenvalue weighted by atomic mass is 9.76. The molecule has 1 aliphatic carbocycles. The van der Waals surface area contributed by atoms with Gasteiger partial charge in [0.25, 0.3) is 11.8 Å². The van der Waals surface area contributed by atoms with E-state index in [1.807, 2.05) is 48.5 Å². The monoisotopic (exact) mass is 498 g/mol. The maximum absolute atomic E-state index is 13.7. The van der Waals surface area contributed by atoms with Gasteiger partial charge in [-0.05, 0) is 72.4 Å². The van der Waals surface area contributed by atoms with Crippen LogP contribution in [0.3, 0.4) is 0 Å². The van der Waals surface area contributed by atoms with Crippen molar-refractivity contribution in [3.8, 4) is 5.75 Å². The smallest absolute Gasteiger partial charge is 0.325 e. The number of aryl methyl sites for hydroxylation is 1. The van der Waals surface area contributed by atoms with Gasteiger partial charge in [0.15, 0.2) is 0 Å². The number of hydrogen-bond acceptors (Lipinski definition) is 6.